The molecule has 0 radical (unpaired) electrons. The van der Waals surface area contributed by atoms with Crippen molar-refractivity contribution in [1.29, 1.82) is 0 Å². The molecule has 1 aliphatic heterocycles. The lowest BCUT2D eigenvalue weighted by atomic mass is 9.54. The summed E-state index contributed by atoms with van der Waals surface area (Å²) in [5, 5.41) is 4.20. The zero-order valence-corrected chi connectivity index (χ0v) is 16.5. The van der Waals surface area contributed by atoms with Crippen LogP contribution in [0.15, 0.2) is 24.3 Å². The summed E-state index contributed by atoms with van der Waals surface area (Å²) < 4.78 is 5.84. The second kappa shape index (κ2) is 7.38. The van der Waals surface area contributed by atoms with Gasteiger partial charge < -0.3 is 10.1 Å². The fourth-order valence-corrected chi connectivity index (χ4v) is 6.49. The fourth-order valence-electron chi connectivity index (χ4n) is 6.29. The van der Waals surface area contributed by atoms with Gasteiger partial charge in [0, 0.05) is 30.7 Å². The predicted molar refractivity (Wildman–Crippen MR) is 105 cm³/mol. The average Bonchev–Trinajstić information content (AvgIpc) is 2.66. The number of hydrogen-bond acceptors (Lipinski definition) is 3. The van der Waals surface area contributed by atoms with Gasteiger partial charge in [-0.3, -0.25) is 9.69 Å². The van der Waals surface area contributed by atoms with Gasteiger partial charge in [-0.2, -0.15) is 0 Å². The first kappa shape index (κ1) is 18.0. The molecule has 5 fully saturated rings. The Balaban J connectivity index is 1.20. The second-order valence-electron chi connectivity index (χ2n) is 9.15. The molecule has 1 amide bonds. The van der Waals surface area contributed by atoms with E-state index >= 15 is 0 Å². The van der Waals surface area contributed by atoms with Crippen molar-refractivity contribution in [1.82, 2.24) is 10.2 Å². The Hall–Kier alpha value is -1.10. The van der Waals surface area contributed by atoms with Gasteiger partial charge in [-0.1, -0.05) is 29.8 Å². The van der Waals surface area contributed by atoms with E-state index in [0.717, 1.165) is 35.5 Å². The average molecular weight is 389 g/mol. The van der Waals surface area contributed by atoms with Crippen LogP contribution in [0.3, 0.4) is 0 Å². The van der Waals surface area contributed by atoms with E-state index in [4.69, 9.17) is 16.3 Å². The number of rotatable bonds is 4. The Bertz CT molecular complexity index is 681. The number of amides is 1. The number of nitrogens with zero attached hydrogens (tertiary/aromatic N) is 1. The number of carbonyl (C=O) groups excluding carboxylic acids is 1. The lowest BCUT2D eigenvalue weighted by Gasteiger charge is -2.54. The van der Waals surface area contributed by atoms with Crippen LogP contribution in [0.1, 0.15) is 37.7 Å². The second-order valence-corrected chi connectivity index (χ2v) is 9.56. The number of morpholine rings is 1. The third kappa shape index (κ3) is 3.64. The first-order chi connectivity index (χ1) is 13.2. The summed E-state index contributed by atoms with van der Waals surface area (Å²) in [5.41, 5.74) is 1.11. The van der Waals surface area contributed by atoms with Crippen molar-refractivity contribution in [3.8, 4) is 0 Å². The highest BCUT2D eigenvalue weighted by Crippen LogP contribution is 2.53. The summed E-state index contributed by atoms with van der Waals surface area (Å²) >= 11 is 6.30. The van der Waals surface area contributed by atoms with Crippen LogP contribution >= 0.6 is 11.6 Å². The summed E-state index contributed by atoms with van der Waals surface area (Å²) in [6.07, 6.45) is 6.36. The topological polar surface area (TPSA) is 41.6 Å². The summed E-state index contributed by atoms with van der Waals surface area (Å²) in [6, 6.07) is 8.33. The molecule has 1 unspecified atom stereocenters. The van der Waals surface area contributed by atoms with E-state index in [2.05, 4.69) is 16.3 Å². The molecule has 4 aliphatic carbocycles. The van der Waals surface area contributed by atoms with Crippen LogP contribution in [0.2, 0.25) is 5.02 Å². The Morgan fingerprint density at radius 2 is 1.81 bits per heavy atom. The molecule has 1 aromatic carbocycles. The lowest BCUT2D eigenvalue weighted by Crippen LogP contribution is -2.59. The molecule has 6 rings (SSSR count). The van der Waals surface area contributed by atoms with Gasteiger partial charge >= 0.3 is 0 Å². The van der Waals surface area contributed by atoms with Crippen LogP contribution in [-0.4, -0.2) is 42.6 Å². The normalized spacial score (nSPS) is 38.1. The highest BCUT2D eigenvalue weighted by atomic mass is 35.5. The van der Waals surface area contributed by atoms with E-state index in [9.17, 15) is 4.79 Å². The van der Waals surface area contributed by atoms with Crippen molar-refractivity contribution in [2.45, 2.75) is 50.8 Å². The zero-order valence-electron chi connectivity index (χ0n) is 15.8. The van der Waals surface area contributed by atoms with Gasteiger partial charge in [-0.25, -0.2) is 0 Å². The minimum absolute atomic E-state index is 0.0938. The summed E-state index contributed by atoms with van der Waals surface area (Å²) in [4.78, 5) is 15.2. The summed E-state index contributed by atoms with van der Waals surface area (Å²) in [6.45, 7) is 2.85. The van der Waals surface area contributed by atoms with E-state index in [1.54, 1.807) is 0 Å². The fraction of sp³-hybridized carbons (Fsp3) is 0.682. The zero-order chi connectivity index (χ0) is 18.4. The van der Waals surface area contributed by atoms with Gasteiger partial charge in [-0.05, 0) is 67.4 Å². The monoisotopic (exact) mass is 388 g/mol. The van der Waals surface area contributed by atoms with Crippen LogP contribution in [0.25, 0.3) is 0 Å². The molecule has 146 valence electrons. The number of halogens is 1. The molecule has 1 heterocycles. The molecule has 1 N–H and O–H groups in total. The third-order valence-electron chi connectivity index (χ3n) is 7.33. The molecule has 0 aromatic heterocycles. The first-order valence-corrected chi connectivity index (χ1v) is 10.9. The largest absolute Gasteiger partial charge is 0.366 e. The van der Waals surface area contributed by atoms with Crippen LogP contribution in [0.5, 0.6) is 0 Å². The molecule has 5 heteroatoms. The molecule has 1 atom stereocenters. The van der Waals surface area contributed by atoms with Crippen LogP contribution in [-0.2, 0) is 16.1 Å². The van der Waals surface area contributed by atoms with Crippen molar-refractivity contribution in [2.75, 3.05) is 19.7 Å². The van der Waals surface area contributed by atoms with Crippen LogP contribution < -0.4 is 5.32 Å². The number of nitrogens with one attached hydrogen (secondary N) is 1. The molecule has 4 bridgehead atoms. The number of ether oxygens (including phenoxy) is 1. The van der Waals surface area contributed by atoms with Crippen LogP contribution in [0, 0.1) is 23.7 Å². The number of benzene rings is 1. The molecule has 1 aromatic rings. The molecule has 4 nitrogen and oxygen atoms in total. The predicted octanol–water partition coefficient (Wildman–Crippen LogP) is 3.48. The Labute approximate surface area is 166 Å². The Kier molecular flexibility index (Phi) is 4.91. The third-order valence-corrected chi connectivity index (χ3v) is 7.70. The summed E-state index contributed by atoms with van der Waals surface area (Å²) in [7, 11) is 0. The Morgan fingerprint density at radius 3 is 2.52 bits per heavy atom. The maximum absolute atomic E-state index is 13.0. The molecule has 5 aliphatic rings. The highest BCUT2D eigenvalue weighted by molar-refractivity contribution is 6.31. The van der Waals surface area contributed by atoms with Crippen molar-refractivity contribution >= 4 is 17.5 Å². The smallest absolute Gasteiger partial charge is 0.250 e. The Morgan fingerprint density at radius 1 is 1.11 bits per heavy atom. The van der Waals surface area contributed by atoms with E-state index in [0.29, 0.717) is 31.0 Å². The lowest BCUT2D eigenvalue weighted by molar-refractivity contribution is -0.142. The van der Waals surface area contributed by atoms with Crippen LogP contribution in [0.4, 0.5) is 0 Å². The van der Waals surface area contributed by atoms with Crippen molar-refractivity contribution < 1.29 is 9.53 Å². The minimum atomic E-state index is -0.363. The van der Waals surface area contributed by atoms with E-state index in [-0.39, 0.29) is 12.0 Å². The maximum Gasteiger partial charge on any atom is 0.250 e. The summed E-state index contributed by atoms with van der Waals surface area (Å²) in [5.74, 6) is 3.35. The number of carbonyl (C=O) groups is 1. The maximum atomic E-state index is 13.0. The van der Waals surface area contributed by atoms with Gasteiger partial charge in [-0.15, -0.1) is 0 Å². The van der Waals surface area contributed by atoms with Gasteiger partial charge in [0.2, 0.25) is 0 Å². The molecule has 0 spiro atoms. The van der Waals surface area contributed by atoms with Gasteiger partial charge in [0.1, 0.15) is 6.10 Å². The molecule has 4 saturated carbocycles. The standard InChI is InChI=1S/C22H29ClN2O2/c23-19-4-2-1-3-16(19)12-25-5-6-27-20(13-25)22(26)24-21-17-8-14-7-15(10-17)11-18(21)9-14/h1-4,14-15,17-18,20-21H,5-13H2,(H,24,26). The highest BCUT2D eigenvalue weighted by Gasteiger charge is 2.49. The molecular weight excluding hydrogens is 360 g/mol. The van der Waals surface area contributed by atoms with E-state index < -0.39 is 0 Å². The van der Waals surface area contributed by atoms with Gasteiger partial charge in [0.15, 0.2) is 0 Å². The number of hydrogen-bond donors (Lipinski definition) is 1. The van der Waals surface area contributed by atoms with Crippen molar-refractivity contribution in [2.24, 2.45) is 23.7 Å². The van der Waals surface area contributed by atoms with Gasteiger partial charge in [0.25, 0.3) is 5.91 Å². The van der Waals surface area contributed by atoms with Crippen molar-refractivity contribution in [3.63, 3.8) is 0 Å². The van der Waals surface area contributed by atoms with Gasteiger partial charge in [0.05, 0.1) is 6.61 Å². The molecule has 1 saturated heterocycles. The first-order valence-electron chi connectivity index (χ1n) is 10.5. The molecule has 27 heavy (non-hydrogen) atoms. The van der Waals surface area contributed by atoms with E-state index in [1.807, 2.05) is 18.2 Å². The molecular formula is C22H29ClN2O2. The van der Waals surface area contributed by atoms with Crippen molar-refractivity contribution in [3.05, 3.63) is 34.9 Å². The van der Waals surface area contributed by atoms with E-state index in [1.165, 1.54) is 32.1 Å². The SMILES string of the molecule is O=C(NC1C2CC3CC(C2)CC1C3)C1CN(Cc2ccccc2Cl)CCO1. The minimum Gasteiger partial charge on any atom is -0.366 e. The quantitative estimate of drug-likeness (QED) is 0.858.